The van der Waals surface area contributed by atoms with Crippen molar-refractivity contribution in [2.45, 2.75) is 31.9 Å². The zero-order chi connectivity index (χ0) is 20.2. The first kappa shape index (κ1) is 21.2. The summed E-state index contributed by atoms with van der Waals surface area (Å²) in [7, 11) is 0. The van der Waals surface area contributed by atoms with Crippen molar-refractivity contribution in [1.82, 2.24) is 5.32 Å². The Morgan fingerprint density at radius 2 is 1.71 bits per heavy atom. The highest BCUT2D eigenvalue weighted by Gasteiger charge is 2.21. The molecule has 1 atom stereocenters. The number of nitrogens with one attached hydrogen (secondary N) is 1. The van der Waals surface area contributed by atoms with Crippen molar-refractivity contribution in [3.63, 3.8) is 0 Å². The number of aliphatic carboxylic acids is 1. The summed E-state index contributed by atoms with van der Waals surface area (Å²) in [5, 5.41) is 11.8. The Hall–Kier alpha value is -3.06. The lowest BCUT2D eigenvalue weighted by Gasteiger charge is -2.15. The SMILES string of the molecule is NCCCCOc1ccc(C[C@H](NC(=O)OCc2ccccc2)C(=O)O)cc1. The number of benzene rings is 2. The average Bonchev–Trinajstić information content (AvgIpc) is 2.71. The van der Waals surface area contributed by atoms with Crippen LogP contribution in [0.5, 0.6) is 5.75 Å². The molecule has 0 aliphatic carbocycles. The second-order valence-electron chi connectivity index (χ2n) is 6.29. The van der Waals surface area contributed by atoms with Crippen LogP contribution in [-0.2, 0) is 22.6 Å². The van der Waals surface area contributed by atoms with E-state index in [1.165, 1.54) is 0 Å². The maximum Gasteiger partial charge on any atom is 0.408 e. The molecule has 0 unspecified atom stereocenters. The molecule has 0 aliphatic rings. The van der Waals surface area contributed by atoms with Crippen LogP contribution in [0.25, 0.3) is 0 Å². The summed E-state index contributed by atoms with van der Waals surface area (Å²) < 4.78 is 10.7. The number of nitrogens with two attached hydrogens (primary N) is 1. The maximum atomic E-state index is 11.9. The van der Waals surface area contributed by atoms with Gasteiger partial charge in [-0.1, -0.05) is 42.5 Å². The predicted octanol–water partition coefficient (Wildman–Crippen LogP) is 2.73. The van der Waals surface area contributed by atoms with Crippen molar-refractivity contribution in [3.8, 4) is 5.75 Å². The normalized spacial score (nSPS) is 11.5. The number of carboxylic acids is 1. The van der Waals surface area contributed by atoms with Crippen LogP contribution in [0.15, 0.2) is 54.6 Å². The molecular weight excluding hydrogens is 360 g/mol. The van der Waals surface area contributed by atoms with E-state index >= 15 is 0 Å². The first-order valence-corrected chi connectivity index (χ1v) is 9.20. The summed E-state index contributed by atoms with van der Waals surface area (Å²) in [6, 6.07) is 15.2. The summed E-state index contributed by atoms with van der Waals surface area (Å²) in [6.07, 6.45) is 1.17. The molecular formula is C21H26N2O5. The van der Waals surface area contributed by atoms with Crippen molar-refractivity contribution < 1.29 is 24.2 Å². The fourth-order valence-corrected chi connectivity index (χ4v) is 2.50. The van der Waals surface area contributed by atoms with E-state index in [-0.39, 0.29) is 13.0 Å². The molecule has 7 heteroatoms. The van der Waals surface area contributed by atoms with Gasteiger partial charge in [0.15, 0.2) is 0 Å². The molecule has 28 heavy (non-hydrogen) atoms. The van der Waals surface area contributed by atoms with E-state index < -0.39 is 18.1 Å². The van der Waals surface area contributed by atoms with Gasteiger partial charge < -0.3 is 25.6 Å². The van der Waals surface area contributed by atoms with Gasteiger partial charge in [0, 0.05) is 6.42 Å². The van der Waals surface area contributed by atoms with E-state index in [2.05, 4.69) is 5.32 Å². The molecule has 150 valence electrons. The minimum absolute atomic E-state index is 0.0786. The van der Waals surface area contributed by atoms with Crippen molar-refractivity contribution in [3.05, 3.63) is 65.7 Å². The molecule has 0 heterocycles. The Bertz CT molecular complexity index is 734. The highest BCUT2D eigenvalue weighted by atomic mass is 16.5. The third-order valence-corrected chi connectivity index (χ3v) is 4.03. The molecule has 7 nitrogen and oxygen atoms in total. The number of alkyl carbamates (subject to hydrolysis) is 1. The number of carboxylic acid groups (broad SMARTS) is 1. The number of ether oxygens (including phenoxy) is 2. The van der Waals surface area contributed by atoms with E-state index in [1.807, 2.05) is 30.3 Å². The molecule has 0 bridgehead atoms. The van der Waals surface area contributed by atoms with Crippen molar-refractivity contribution in [1.29, 1.82) is 0 Å². The van der Waals surface area contributed by atoms with E-state index in [0.717, 1.165) is 24.0 Å². The molecule has 0 aromatic heterocycles. The number of carbonyl (C=O) groups excluding carboxylic acids is 1. The fourth-order valence-electron chi connectivity index (χ4n) is 2.50. The van der Waals surface area contributed by atoms with Crippen LogP contribution in [0, 0.1) is 0 Å². The minimum Gasteiger partial charge on any atom is -0.494 e. The van der Waals surface area contributed by atoms with Gasteiger partial charge in [-0.3, -0.25) is 0 Å². The van der Waals surface area contributed by atoms with Crippen LogP contribution >= 0.6 is 0 Å². The lowest BCUT2D eigenvalue weighted by molar-refractivity contribution is -0.139. The van der Waals surface area contributed by atoms with Gasteiger partial charge in [0.1, 0.15) is 18.4 Å². The Kier molecular flexibility index (Phi) is 8.81. The molecule has 0 radical (unpaired) electrons. The molecule has 2 rings (SSSR count). The predicted molar refractivity (Wildman–Crippen MR) is 105 cm³/mol. The fraction of sp³-hybridized carbons (Fsp3) is 0.333. The Morgan fingerprint density at radius 3 is 2.36 bits per heavy atom. The smallest absolute Gasteiger partial charge is 0.408 e. The molecule has 2 aromatic rings. The number of carbonyl (C=O) groups is 2. The van der Waals surface area contributed by atoms with Crippen LogP contribution in [0.3, 0.4) is 0 Å². The molecule has 1 amide bonds. The van der Waals surface area contributed by atoms with Crippen LogP contribution in [-0.4, -0.2) is 36.4 Å². The Labute approximate surface area is 164 Å². The van der Waals surface area contributed by atoms with Gasteiger partial charge in [-0.25, -0.2) is 9.59 Å². The summed E-state index contributed by atoms with van der Waals surface area (Å²) in [6.45, 7) is 1.30. The number of hydrogen-bond acceptors (Lipinski definition) is 5. The monoisotopic (exact) mass is 386 g/mol. The maximum absolute atomic E-state index is 11.9. The molecule has 0 spiro atoms. The van der Waals surface area contributed by atoms with Gasteiger partial charge in [-0.2, -0.15) is 0 Å². The number of rotatable bonds is 11. The molecule has 4 N–H and O–H groups in total. The van der Waals surface area contributed by atoms with E-state index in [4.69, 9.17) is 15.2 Å². The van der Waals surface area contributed by atoms with Gasteiger partial charge in [0.2, 0.25) is 0 Å². The highest BCUT2D eigenvalue weighted by molar-refractivity contribution is 5.80. The number of unbranched alkanes of at least 4 members (excludes halogenated alkanes) is 1. The highest BCUT2D eigenvalue weighted by Crippen LogP contribution is 2.14. The van der Waals surface area contributed by atoms with E-state index in [0.29, 0.717) is 18.9 Å². The summed E-state index contributed by atoms with van der Waals surface area (Å²) in [5.41, 5.74) is 7.03. The van der Waals surface area contributed by atoms with Crippen LogP contribution < -0.4 is 15.8 Å². The Balaban J connectivity index is 1.82. The minimum atomic E-state index is -1.13. The first-order valence-electron chi connectivity index (χ1n) is 9.20. The zero-order valence-electron chi connectivity index (χ0n) is 15.7. The first-order chi connectivity index (χ1) is 13.6. The second kappa shape index (κ2) is 11.6. The summed E-state index contributed by atoms with van der Waals surface area (Å²) in [4.78, 5) is 23.4. The average molecular weight is 386 g/mol. The molecule has 0 aliphatic heterocycles. The zero-order valence-corrected chi connectivity index (χ0v) is 15.7. The Morgan fingerprint density at radius 1 is 1.00 bits per heavy atom. The number of hydrogen-bond donors (Lipinski definition) is 3. The van der Waals surface area contributed by atoms with Crippen LogP contribution in [0.4, 0.5) is 4.79 Å². The largest absolute Gasteiger partial charge is 0.494 e. The quantitative estimate of drug-likeness (QED) is 0.512. The van der Waals surface area contributed by atoms with Gasteiger partial charge in [0.25, 0.3) is 0 Å². The van der Waals surface area contributed by atoms with Gasteiger partial charge in [-0.15, -0.1) is 0 Å². The summed E-state index contributed by atoms with van der Waals surface area (Å²) >= 11 is 0. The summed E-state index contributed by atoms with van der Waals surface area (Å²) in [5.74, 6) is -0.415. The van der Waals surface area contributed by atoms with E-state index in [1.54, 1.807) is 24.3 Å². The lowest BCUT2D eigenvalue weighted by atomic mass is 10.1. The molecule has 0 fully saturated rings. The number of amides is 1. The third kappa shape index (κ3) is 7.67. The van der Waals surface area contributed by atoms with Crippen molar-refractivity contribution in [2.75, 3.05) is 13.2 Å². The van der Waals surface area contributed by atoms with Crippen molar-refractivity contribution >= 4 is 12.1 Å². The standard InChI is InChI=1S/C21H26N2O5/c22-12-4-5-13-27-18-10-8-16(9-11-18)14-19(20(24)25)23-21(26)28-15-17-6-2-1-3-7-17/h1-3,6-11,19H,4-5,12-15,22H2,(H,23,26)(H,24,25)/t19-/m0/s1. The third-order valence-electron chi connectivity index (χ3n) is 4.03. The topological polar surface area (TPSA) is 111 Å². The van der Waals surface area contributed by atoms with Crippen LogP contribution in [0.2, 0.25) is 0 Å². The molecule has 0 saturated carbocycles. The second-order valence-corrected chi connectivity index (χ2v) is 6.29. The molecule has 0 saturated heterocycles. The van der Waals surface area contributed by atoms with Crippen LogP contribution in [0.1, 0.15) is 24.0 Å². The van der Waals surface area contributed by atoms with Gasteiger partial charge in [-0.05, 0) is 42.6 Å². The van der Waals surface area contributed by atoms with E-state index in [9.17, 15) is 14.7 Å². The van der Waals surface area contributed by atoms with Crippen molar-refractivity contribution in [2.24, 2.45) is 5.73 Å². The molecule has 2 aromatic carbocycles. The lowest BCUT2D eigenvalue weighted by Crippen LogP contribution is -2.42. The van der Waals surface area contributed by atoms with Gasteiger partial charge >= 0.3 is 12.1 Å². The van der Waals surface area contributed by atoms with Gasteiger partial charge in [0.05, 0.1) is 6.61 Å².